The predicted octanol–water partition coefficient (Wildman–Crippen LogP) is 4.81. The fourth-order valence-electron chi connectivity index (χ4n) is 3.38. The van der Waals surface area contributed by atoms with Crippen LogP contribution in [-0.4, -0.2) is 29.7 Å². The van der Waals surface area contributed by atoms with Crippen LogP contribution in [0.2, 0.25) is 0 Å². The number of aryl methyl sites for hydroxylation is 1. The number of urea groups is 1. The van der Waals surface area contributed by atoms with Crippen molar-refractivity contribution in [1.82, 2.24) is 10.3 Å². The van der Waals surface area contributed by atoms with E-state index >= 15 is 0 Å². The number of amides is 2. The van der Waals surface area contributed by atoms with Crippen molar-refractivity contribution >= 4 is 23.7 Å². The van der Waals surface area contributed by atoms with Gasteiger partial charge in [0, 0.05) is 12.6 Å². The maximum absolute atomic E-state index is 13.0. The Hall–Kier alpha value is -3.36. The first-order valence-corrected chi connectivity index (χ1v) is 9.77. The van der Waals surface area contributed by atoms with E-state index in [0.29, 0.717) is 30.6 Å². The average Bonchev–Trinajstić information content (AvgIpc) is 2.90. The lowest BCUT2D eigenvalue weighted by Gasteiger charge is -2.25. The van der Waals surface area contributed by atoms with E-state index in [1.54, 1.807) is 12.3 Å². The Balaban J connectivity index is 1.80. The van der Waals surface area contributed by atoms with E-state index in [-0.39, 0.29) is 18.1 Å². The Morgan fingerprint density at radius 2 is 2.03 bits per heavy atom. The van der Waals surface area contributed by atoms with Gasteiger partial charge >= 0.3 is 12.4 Å². The fourth-order valence-corrected chi connectivity index (χ4v) is 3.38. The summed E-state index contributed by atoms with van der Waals surface area (Å²) in [6.45, 7) is 5.44. The number of ether oxygens (including phenoxy) is 1. The topological polar surface area (TPSA) is 71.5 Å². The number of carbonyl (C=O) groups is 2. The molecule has 3 rings (SSSR count). The van der Waals surface area contributed by atoms with Crippen molar-refractivity contribution in [2.75, 3.05) is 11.4 Å². The molecular formula is C22H22F3N3O3. The van der Waals surface area contributed by atoms with E-state index in [9.17, 15) is 22.8 Å². The van der Waals surface area contributed by atoms with Crippen LogP contribution in [0.4, 0.5) is 23.8 Å². The third-order valence-corrected chi connectivity index (χ3v) is 4.93. The van der Waals surface area contributed by atoms with Crippen LogP contribution in [0, 0.1) is 0 Å². The van der Waals surface area contributed by atoms with Gasteiger partial charge in [0.05, 0.1) is 12.6 Å². The molecule has 0 saturated heterocycles. The molecule has 0 saturated carbocycles. The van der Waals surface area contributed by atoms with E-state index in [0.717, 1.165) is 11.1 Å². The van der Waals surface area contributed by atoms with Gasteiger partial charge < -0.3 is 10.1 Å². The van der Waals surface area contributed by atoms with Crippen LogP contribution in [0.3, 0.4) is 0 Å². The molecule has 0 aliphatic carbocycles. The number of nitrogens with zero attached hydrogens (tertiary/aromatic N) is 2. The number of nitrogens with one attached hydrogen (secondary N) is 1. The lowest BCUT2D eigenvalue weighted by molar-refractivity contribution is -0.274. The number of rotatable bonds is 5. The second kappa shape index (κ2) is 9.20. The summed E-state index contributed by atoms with van der Waals surface area (Å²) in [5, 5.41) is 2.85. The molecular weight excluding hydrogens is 411 g/mol. The molecule has 1 N–H and O–H groups in total. The van der Waals surface area contributed by atoms with Gasteiger partial charge in [0.1, 0.15) is 11.6 Å². The number of carbonyl (C=O) groups excluding carboxylic acids is 2. The van der Waals surface area contributed by atoms with Gasteiger partial charge in [-0.25, -0.2) is 9.78 Å². The van der Waals surface area contributed by atoms with Crippen molar-refractivity contribution in [3.8, 4) is 5.75 Å². The Labute approximate surface area is 177 Å². The SMILES string of the molecule is C=Cc1cnc2c(c1)CCC(=O)CN2C(=O)NC(CC)c1ccc(OC(F)(F)F)cc1. The van der Waals surface area contributed by atoms with Crippen LogP contribution in [0.1, 0.15) is 42.5 Å². The van der Waals surface area contributed by atoms with Crippen molar-refractivity contribution in [3.63, 3.8) is 0 Å². The van der Waals surface area contributed by atoms with E-state index < -0.39 is 18.4 Å². The molecule has 0 spiro atoms. The summed E-state index contributed by atoms with van der Waals surface area (Å²) in [7, 11) is 0. The first-order valence-electron chi connectivity index (χ1n) is 9.77. The Morgan fingerprint density at radius 3 is 2.65 bits per heavy atom. The fraction of sp³-hybridized carbons (Fsp3) is 0.318. The highest BCUT2D eigenvalue weighted by atomic mass is 19.4. The lowest BCUT2D eigenvalue weighted by Crippen LogP contribution is -2.44. The number of anilines is 1. The largest absolute Gasteiger partial charge is 0.573 e. The summed E-state index contributed by atoms with van der Waals surface area (Å²) in [4.78, 5) is 30.9. The predicted molar refractivity (Wildman–Crippen MR) is 110 cm³/mol. The summed E-state index contributed by atoms with van der Waals surface area (Å²) < 4.78 is 40.9. The van der Waals surface area contributed by atoms with Gasteiger partial charge in [-0.1, -0.05) is 31.7 Å². The van der Waals surface area contributed by atoms with Gasteiger partial charge in [-0.05, 0) is 47.7 Å². The van der Waals surface area contributed by atoms with Crippen molar-refractivity contribution < 1.29 is 27.5 Å². The van der Waals surface area contributed by atoms with Crippen LogP contribution in [0.5, 0.6) is 5.75 Å². The standard InChI is InChI=1S/C22H22F3N3O3/c1-3-14-11-16-5-8-17(29)13-28(20(16)26-12-14)21(30)27-19(4-2)15-6-9-18(10-7-15)31-22(23,24)25/h3,6-7,9-12,19H,1,4-5,8,13H2,2H3,(H,27,30). The molecule has 1 unspecified atom stereocenters. The highest BCUT2D eigenvalue weighted by molar-refractivity contribution is 5.99. The van der Waals surface area contributed by atoms with E-state index in [1.807, 2.05) is 13.0 Å². The summed E-state index contributed by atoms with van der Waals surface area (Å²) in [6, 6.07) is 6.20. The van der Waals surface area contributed by atoms with Crippen LogP contribution >= 0.6 is 0 Å². The molecule has 0 fully saturated rings. The maximum Gasteiger partial charge on any atom is 0.573 e. The van der Waals surface area contributed by atoms with E-state index in [1.165, 1.54) is 29.2 Å². The third-order valence-electron chi connectivity index (χ3n) is 4.93. The van der Waals surface area contributed by atoms with Crippen molar-refractivity contribution in [3.05, 3.63) is 59.8 Å². The van der Waals surface area contributed by atoms with Crippen molar-refractivity contribution in [1.29, 1.82) is 0 Å². The molecule has 1 aliphatic rings. The molecule has 1 atom stereocenters. The Kier molecular flexibility index (Phi) is 6.62. The molecule has 2 amide bonds. The van der Waals surface area contributed by atoms with Crippen LogP contribution in [0.15, 0.2) is 43.1 Å². The zero-order chi connectivity index (χ0) is 22.6. The van der Waals surface area contributed by atoms with E-state index in [2.05, 4.69) is 21.6 Å². The quantitative estimate of drug-likeness (QED) is 0.735. The Morgan fingerprint density at radius 1 is 1.32 bits per heavy atom. The summed E-state index contributed by atoms with van der Waals surface area (Å²) in [5.41, 5.74) is 2.18. The normalized spacial score (nSPS) is 15.0. The number of ketones is 1. The van der Waals surface area contributed by atoms with Crippen LogP contribution < -0.4 is 15.0 Å². The average molecular weight is 433 g/mol. The van der Waals surface area contributed by atoms with Gasteiger partial charge in [-0.3, -0.25) is 9.69 Å². The lowest BCUT2D eigenvalue weighted by atomic mass is 10.0. The molecule has 1 aromatic carbocycles. The first kappa shape index (κ1) is 22.3. The number of pyridine rings is 1. The minimum absolute atomic E-state index is 0.0880. The Bertz CT molecular complexity index is 974. The number of Topliss-reactive ketones (excluding diaryl/α,β-unsaturated/α-hetero) is 1. The summed E-state index contributed by atoms with van der Waals surface area (Å²) in [6.07, 6.45) is -0.280. The highest BCUT2D eigenvalue weighted by Crippen LogP contribution is 2.27. The molecule has 2 heterocycles. The first-order chi connectivity index (χ1) is 14.7. The maximum atomic E-state index is 13.0. The number of halogens is 3. The molecule has 6 nitrogen and oxygen atoms in total. The zero-order valence-corrected chi connectivity index (χ0v) is 16.9. The van der Waals surface area contributed by atoms with Gasteiger partial charge in [0.15, 0.2) is 5.78 Å². The molecule has 1 aromatic heterocycles. The van der Waals surface area contributed by atoms with Gasteiger partial charge in [0.25, 0.3) is 0 Å². The van der Waals surface area contributed by atoms with Gasteiger partial charge in [-0.15, -0.1) is 13.2 Å². The number of hydrogen-bond acceptors (Lipinski definition) is 4. The smallest absolute Gasteiger partial charge is 0.406 e. The second-order valence-electron chi connectivity index (χ2n) is 7.11. The molecule has 31 heavy (non-hydrogen) atoms. The molecule has 2 aromatic rings. The number of alkyl halides is 3. The summed E-state index contributed by atoms with van der Waals surface area (Å²) >= 11 is 0. The number of benzene rings is 1. The number of fused-ring (bicyclic) bond motifs is 1. The number of hydrogen-bond donors (Lipinski definition) is 1. The van der Waals surface area contributed by atoms with Crippen LogP contribution in [0.25, 0.3) is 6.08 Å². The van der Waals surface area contributed by atoms with Crippen molar-refractivity contribution in [2.24, 2.45) is 0 Å². The van der Waals surface area contributed by atoms with Crippen LogP contribution in [-0.2, 0) is 11.2 Å². The highest BCUT2D eigenvalue weighted by Gasteiger charge is 2.31. The van der Waals surface area contributed by atoms with E-state index in [4.69, 9.17) is 0 Å². The molecule has 0 radical (unpaired) electrons. The third kappa shape index (κ3) is 5.62. The minimum Gasteiger partial charge on any atom is -0.406 e. The summed E-state index contributed by atoms with van der Waals surface area (Å²) in [5.74, 6) is -0.0144. The molecule has 9 heteroatoms. The molecule has 0 bridgehead atoms. The van der Waals surface area contributed by atoms with Gasteiger partial charge in [0.2, 0.25) is 0 Å². The minimum atomic E-state index is -4.77. The number of aromatic nitrogens is 1. The van der Waals surface area contributed by atoms with Gasteiger partial charge in [-0.2, -0.15) is 0 Å². The van der Waals surface area contributed by atoms with Crippen molar-refractivity contribution in [2.45, 2.75) is 38.6 Å². The zero-order valence-electron chi connectivity index (χ0n) is 16.9. The monoisotopic (exact) mass is 433 g/mol. The molecule has 1 aliphatic heterocycles. The second-order valence-corrected chi connectivity index (χ2v) is 7.11. The molecule has 164 valence electrons.